The van der Waals surface area contributed by atoms with Crippen molar-refractivity contribution in [3.05, 3.63) is 11.6 Å². The Bertz CT molecular complexity index is 805. The fourth-order valence-electron chi connectivity index (χ4n) is 6.73. The number of hydrogen-bond acceptors (Lipinski definition) is 7. The largest absolute Gasteiger partial charge is 0.443 e. The van der Waals surface area contributed by atoms with Gasteiger partial charge in [-0.1, -0.05) is 11.6 Å². The van der Waals surface area contributed by atoms with Crippen LogP contribution in [0.5, 0.6) is 0 Å². The van der Waals surface area contributed by atoms with Crippen molar-refractivity contribution in [3.8, 4) is 0 Å². The molecule has 1 amide bonds. The van der Waals surface area contributed by atoms with Crippen LogP contribution in [0.2, 0.25) is 0 Å². The Morgan fingerprint density at radius 3 is 2.54 bits per heavy atom. The first kappa shape index (κ1) is 25.5. The highest BCUT2D eigenvalue weighted by molar-refractivity contribution is 5.69. The second-order valence-corrected chi connectivity index (χ2v) is 11.8. The van der Waals surface area contributed by atoms with Gasteiger partial charge in [-0.25, -0.2) is 4.79 Å². The zero-order valence-electron chi connectivity index (χ0n) is 22.2. The molecule has 198 valence electrons. The molecule has 7 atom stereocenters. The quantitative estimate of drug-likeness (QED) is 0.361. The van der Waals surface area contributed by atoms with Crippen LogP contribution in [0.4, 0.5) is 4.79 Å². The van der Waals surface area contributed by atoms with Gasteiger partial charge in [0.25, 0.3) is 0 Å². The van der Waals surface area contributed by atoms with Crippen molar-refractivity contribution < 1.29 is 28.5 Å². The Balaban J connectivity index is 1.12. The average Bonchev–Trinajstić information content (AvgIpc) is 3.66. The van der Waals surface area contributed by atoms with Gasteiger partial charge < -0.3 is 33.5 Å². The van der Waals surface area contributed by atoms with E-state index in [1.807, 2.05) is 4.90 Å². The summed E-state index contributed by atoms with van der Waals surface area (Å²) in [7, 11) is 3.52. The molecule has 0 aromatic heterocycles. The van der Waals surface area contributed by atoms with Gasteiger partial charge in [-0.3, -0.25) is 0 Å². The van der Waals surface area contributed by atoms with Crippen molar-refractivity contribution in [2.45, 2.75) is 88.5 Å². The Labute approximate surface area is 210 Å². The lowest BCUT2D eigenvalue weighted by Gasteiger charge is -2.44. The van der Waals surface area contributed by atoms with E-state index in [0.717, 1.165) is 71.4 Å². The van der Waals surface area contributed by atoms with Gasteiger partial charge >= 0.3 is 6.09 Å². The third-order valence-electron chi connectivity index (χ3n) is 9.12. The topological polar surface area (TPSA) is 76.3 Å². The van der Waals surface area contributed by atoms with Gasteiger partial charge in [0.1, 0.15) is 23.4 Å². The maximum Gasteiger partial charge on any atom is 0.410 e. The lowest BCUT2D eigenvalue weighted by molar-refractivity contribution is -0.124. The Hall–Kier alpha value is -1.19. The number of nitrogens with zero attached hydrogens (tertiary/aromatic N) is 2. The van der Waals surface area contributed by atoms with E-state index in [1.54, 1.807) is 14.2 Å². The second-order valence-electron chi connectivity index (χ2n) is 11.8. The van der Waals surface area contributed by atoms with E-state index < -0.39 is 0 Å². The van der Waals surface area contributed by atoms with E-state index in [2.05, 4.69) is 31.7 Å². The number of allylic oxidation sites excluding steroid dienone is 1. The summed E-state index contributed by atoms with van der Waals surface area (Å²) < 4.78 is 29.8. The summed E-state index contributed by atoms with van der Waals surface area (Å²) in [5.41, 5.74) is 0.788. The fourth-order valence-corrected chi connectivity index (χ4v) is 6.73. The van der Waals surface area contributed by atoms with Crippen LogP contribution in [0.25, 0.3) is 0 Å². The number of rotatable bonds is 9. The van der Waals surface area contributed by atoms with E-state index in [1.165, 1.54) is 5.57 Å². The maximum absolute atomic E-state index is 13.0. The molecule has 0 radical (unpaired) electrons. The summed E-state index contributed by atoms with van der Waals surface area (Å²) >= 11 is 0. The van der Waals surface area contributed by atoms with Gasteiger partial charge in [0, 0.05) is 40.4 Å². The molecule has 8 heteroatoms. The van der Waals surface area contributed by atoms with E-state index in [0.29, 0.717) is 12.0 Å². The molecule has 1 saturated carbocycles. The molecule has 0 aromatic carbocycles. The SMILES string of the molecule is CO[C@@H]1CCN(CCC2CN(C(=O)O[C@@H]3CC[C@]4(CO4)C([C@@]4(C)O[C@@H]4CC=C(C)C)[C@@H]3OC)C2)C1. The van der Waals surface area contributed by atoms with E-state index in [9.17, 15) is 4.79 Å². The molecule has 5 rings (SSSR count). The van der Waals surface area contributed by atoms with Gasteiger partial charge in [-0.2, -0.15) is 0 Å². The molecule has 0 bridgehead atoms. The molecule has 5 fully saturated rings. The smallest absolute Gasteiger partial charge is 0.410 e. The Morgan fingerprint density at radius 1 is 1.14 bits per heavy atom. The molecule has 0 N–H and O–H groups in total. The highest BCUT2D eigenvalue weighted by Gasteiger charge is 2.72. The van der Waals surface area contributed by atoms with Gasteiger partial charge in [-0.05, 0) is 65.3 Å². The van der Waals surface area contributed by atoms with E-state index in [-0.39, 0.29) is 41.5 Å². The minimum atomic E-state index is -0.312. The third-order valence-corrected chi connectivity index (χ3v) is 9.12. The highest BCUT2D eigenvalue weighted by Crippen LogP contribution is 2.59. The van der Waals surface area contributed by atoms with Crippen LogP contribution >= 0.6 is 0 Å². The van der Waals surface area contributed by atoms with Crippen LogP contribution in [-0.2, 0) is 23.7 Å². The summed E-state index contributed by atoms with van der Waals surface area (Å²) in [6.45, 7) is 11.9. The number of ether oxygens (including phenoxy) is 5. The number of epoxide rings is 2. The Morgan fingerprint density at radius 2 is 1.91 bits per heavy atom. The monoisotopic (exact) mass is 492 g/mol. The first-order valence-electron chi connectivity index (χ1n) is 13.5. The molecule has 4 aliphatic heterocycles. The number of methoxy groups -OCH3 is 2. The maximum atomic E-state index is 13.0. The summed E-state index contributed by atoms with van der Waals surface area (Å²) in [5, 5.41) is 0. The third kappa shape index (κ3) is 5.14. The van der Waals surface area contributed by atoms with Crippen LogP contribution in [0.3, 0.4) is 0 Å². The molecule has 4 heterocycles. The molecule has 35 heavy (non-hydrogen) atoms. The first-order chi connectivity index (χ1) is 16.8. The highest BCUT2D eigenvalue weighted by atomic mass is 16.6. The van der Waals surface area contributed by atoms with Crippen LogP contribution in [0.1, 0.15) is 52.9 Å². The lowest BCUT2D eigenvalue weighted by atomic mass is 9.68. The number of amides is 1. The predicted molar refractivity (Wildman–Crippen MR) is 131 cm³/mol. The summed E-state index contributed by atoms with van der Waals surface area (Å²) in [5.74, 6) is 0.613. The van der Waals surface area contributed by atoms with Gasteiger partial charge in [0.05, 0.1) is 24.7 Å². The molecule has 1 spiro atoms. The van der Waals surface area contributed by atoms with Crippen LogP contribution in [-0.4, -0.2) is 105 Å². The molecular weight excluding hydrogens is 448 g/mol. The summed E-state index contributed by atoms with van der Waals surface area (Å²) in [6, 6.07) is 0. The van der Waals surface area contributed by atoms with Gasteiger partial charge in [0.2, 0.25) is 0 Å². The minimum absolute atomic E-state index is 0.0580. The van der Waals surface area contributed by atoms with Crippen molar-refractivity contribution in [1.82, 2.24) is 9.80 Å². The lowest BCUT2D eigenvalue weighted by Crippen LogP contribution is -2.57. The number of hydrogen-bond donors (Lipinski definition) is 0. The number of carbonyl (C=O) groups is 1. The molecule has 4 saturated heterocycles. The van der Waals surface area contributed by atoms with Gasteiger partial charge in [-0.15, -0.1) is 0 Å². The van der Waals surface area contributed by atoms with E-state index in [4.69, 9.17) is 23.7 Å². The fraction of sp³-hybridized carbons (Fsp3) is 0.889. The van der Waals surface area contributed by atoms with Gasteiger partial charge in [0.15, 0.2) is 0 Å². The molecule has 5 aliphatic rings. The van der Waals surface area contributed by atoms with Crippen molar-refractivity contribution in [2.75, 3.05) is 53.6 Å². The van der Waals surface area contributed by atoms with Crippen LogP contribution in [0.15, 0.2) is 11.6 Å². The standard InChI is InChI=1S/C27H44N2O6/c1-18(2)6-7-22-26(3,35-22)24-23(32-5)21(8-11-27(24)17-33-27)34-25(30)29-14-19(15-29)9-12-28-13-10-20(16-28)31-4/h6,19-24H,7-17H2,1-5H3/t20-,21-,22-,23-,24?,26+,27+/m1/s1. The zero-order valence-corrected chi connectivity index (χ0v) is 22.2. The van der Waals surface area contributed by atoms with E-state index >= 15 is 0 Å². The summed E-state index contributed by atoms with van der Waals surface area (Å²) in [6.07, 6.45) is 6.84. The predicted octanol–water partition coefficient (Wildman–Crippen LogP) is 3.24. The second kappa shape index (κ2) is 9.93. The van der Waals surface area contributed by atoms with Crippen molar-refractivity contribution in [2.24, 2.45) is 11.8 Å². The van der Waals surface area contributed by atoms with Crippen molar-refractivity contribution >= 4 is 6.09 Å². The summed E-state index contributed by atoms with van der Waals surface area (Å²) in [4.78, 5) is 17.3. The molecular formula is C27H44N2O6. The first-order valence-corrected chi connectivity index (χ1v) is 13.5. The van der Waals surface area contributed by atoms with Crippen LogP contribution in [0, 0.1) is 11.8 Å². The zero-order chi connectivity index (χ0) is 24.8. The number of carbonyl (C=O) groups excluding carboxylic acids is 1. The molecule has 8 nitrogen and oxygen atoms in total. The van der Waals surface area contributed by atoms with Crippen LogP contribution < -0.4 is 0 Å². The normalized spacial score (nSPS) is 41.1. The average molecular weight is 493 g/mol. The Kier molecular flexibility index (Phi) is 7.23. The number of likely N-dealkylation sites (tertiary alicyclic amines) is 2. The minimum Gasteiger partial charge on any atom is -0.443 e. The molecule has 0 aromatic rings. The molecule has 1 unspecified atom stereocenters. The molecule has 1 aliphatic carbocycles. The van der Waals surface area contributed by atoms with Crippen molar-refractivity contribution in [1.29, 1.82) is 0 Å². The van der Waals surface area contributed by atoms with Crippen molar-refractivity contribution in [3.63, 3.8) is 0 Å².